The lowest BCUT2D eigenvalue weighted by atomic mass is 10.1. The van der Waals surface area contributed by atoms with E-state index in [9.17, 15) is 31.2 Å². The third kappa shape index (κ3) is 8.08. The van der Waals surface area contributed by atoms with Gasteiger partial charge in [0.25, 0.3) is 10.0 Å². The van der Waals surface area contributed by atoms with Crippen LogP contribution in [0.5, 0.6) is 0 Å². The van der Waals surface area contributed by atoms with E-state index in [0.717, 1.165) is 43.4 Å². The molecule has 230 valence electrons. The van der Waals surface area contributed by atoms with Gasteiger partial charge >= 0.3 is 6.18 Å². The number of carbonyl (C=O) groups excluding carboxylic acids is 2. The van der Waals surface area contributed by atoms with Crippen molar-refractivity contribution in [2.24, 2.45) is 0 Å². The van der Waals surface area contributed by atoms with Gasteiger partial charge in [0, 0.05) is 17.6 Å². The molecule has 7 nitrogen and oxygen atoms in total. The third-order valence-electron chi connectivity index (χ3n) is 7.46. The minimum absolute atomic E-state index is 0.0263. The number of alkyl halides is 3. The summed E-state index contributed by atoms with van der Waals surface area (Å²) in [6, 6.07) is 15.2. The molecule has 0 aliphatic heterocycles. The second kappa shape index (κ2) is 13.4. The predicted molar refractivity (Wildman–Crippen MR) is 159 cm³/mol. The number of halogens is 4. The Labute approximate surface area is 254 Å². The molecule has 0 radical (unpaired) electrons. The summed E-state index contributed by atoms with van der Waals surface area (Å²) in [5.41, 5.74) is -0.0417. The van der Waals surface area contributed by atoms with Crippen LogP contribution in [0.2, 0.25) is 5.02 Å². The van der Waals surface area contributed by atoms with Crippen molar-refractivity contribution >= 4 is 39.1 Å². The van der Waals surface area contributed by atoms with Crippen molar-refractivity contribution in [3.63, 3.8) is 0 Å². The fraction of sp³-hybridized carbons (Fsp3) is 0.355. The number of rotatable bonds is 10. The molecule has 0 bridgehead atoms. The second-order valence-corrected chi connectivity index (χ2v) is 13.0. The first kappa shape index (κ1) is 32.3. The van der Waals surface area contributed by atoms with E-state index in [-0.39, 0.29) is 23.2 Å². The van der Waals surface area contributed by atoms with Crippen LogP contribution < -0.4 is 9.62 Å². The molecule has 1 aliphatic carbocycles. The number of nitrogens with zero attached hydrogens (tertiary/aromatic N) is 2. The van der Waals surface area contributed by atoms with Crippen LogP contribution in [0.1, 0.15) is 49.3 Å². The van der Waals surface area contributed by atoms with E-state index < -0.39 is 46.2 Å². The molecule has 12 heteroatoms. The standard InChI is InChI=1S/C31H33ClF3N3O4S/c1-21-13-15-28(16-14-21)43(41,42)38(27-12-6-8-24(18-27)31(33,34)35)20-29(39)37(19-23-7-5-9-25(32)17-23)22(2)30(40)36-26-10-3-4-11-26/h5-9,12-18,22,26H,3-4,10-11,19-20H2,1-2H3,(H,36,40). The summed E-state index contributed by atoms with van der Waals surface area (Å²) in [6.45, 7) is 2.37. The van der Waals surface area contributed by atoms with E-state index in [2.05, 4.69) is 5.32 Å². The summed E-state index contributed by atoms with van der Waals surface area (Å²) in [6.07, 6.45) is -1.15. The van der Waals surface area contributed by atoms with Gasteiger partial charge in [0.15, 0.2) is 0 Å². The minimum Gasteiger partial charge on any atom is -0.352 e. The number of carbonyl (C=O) groups is 2. The van der Waals surface area contributed by atoms with Gasteiger partial charge in [0.1, 0.15) is 12.6 Å². The van der Waals surface area contributed by atoms with Gasteiger partial charge in [-0.05, 0) is 74.7 Å². The van der Waals surface area contributed by atoms with Crippen molar-refractivity contribution < 1.29 is 31.2 Å². The molecule has 1 atom stereocenters. The second-order valence-electron chi connectivity index (χ2n) is 10.7. The Morgan fingerprint density at radius 1 is 1.00 bits per heavy atom. The summed E-state index contributed by atoms with van der Waals surface area (Å²) in [5, 5.41) is 3.37. The lowest BCUT2D eigenvalue weighted by Crippen LogP contribution is -2.52. The molecule has 0 heterocycles. The molecule has 2 amide bonds. The van der Waals surface area contributed by atoms with E-state index in [1.54, 1.807) is 43.3 Å². The largest absolute Gasteiger partial charge is 0.416 e. The Morgan fingerprint density at radius 3 is 2.28 bits per heavy atom. The van der Waals surface area contributed by atoms with Gasteiger partial charge in [-0.15, -0.1) is 0 Å². The van der Waals surface area contributed by atoms with Gasteiger partial charge in [-0.2, -0.15) is 13.2 Å². The van der Waals surface area contributed by atoms with Gasteiger partial charge < -0.3 is 10.2 Å². The number of hydrogen-bond acceptors (Lipinski definition) is 4. The van der Waals surface area contributed by atoms with E-state index in [1.807, 2.05) is 0 Å². The van der Waals surface area contributed by atoms with Crippen LogP contribution in [0.25, 0.3) is 0 Å². The Morgan fingerprint density at radius 2 is 1.65 bits per heavy atom. The number of hydrogen-bond donors (Lipinski definition) is 1. The molecule has 1 fully saturated rings. The number of aryl methyl sites for hydroxylation is 1. The fourth-order valence-electron chi connectivity index (χ4n) is 5.01. The monoisotopic (exact) mass is 635 g/mol. The van der Waals surface area contributed by atoms with E-state index in [0.29, 0.717) is 21.0 Å². The maximum atomic E-state index is 14.0. The minimum atomic E-state index is -4.75. The van der Waals surface area contributed by atoms with E-state index >= 15 is 0 Å². The van der Waals surface area contributed by atoms with Gasteiger partial charge in [0.05, 0.1) is 16.1 Å². The topological polar surface area (TPSA) is 86.8 Å². The molecule has 3 aromatic rings. The Hall–Kier alpha value is -3.57. The van der Waals surface area contributed by atoms with Gasteiger partial charge in [-0.3, -0.25) is 13.9 Å². The van der Waals surface area contributed by atoms with Crippen LogP contribution in [0.15, 0.2) is 77.7 Å². The molecule has 1 aliphatic rings. The third-order valence-corrected chi connectivity index (χ3v) is 9.48. The first-order valence-electron chi connectivity index (χ1n) is 13.9. The summed E-state index contributed by atoms with van der Waals surface area (Å²) in [4.78, 5) is 28.3. The highest BCUT2D eigenvalue weighted by atomic mass is 35.5. The van der Waals surface area contributed by atoms with E-state index in [1.165, 1.54) is 30.0 Å². The van der Waals surface area contributed by atoms with Crippen LogP contribution in [-0.2, 0) is 32.3 Å². The van der Waals surface area contributed by atoms with E-state index in [4.69, 9.17) is 11.6 Å². The van der Waals surface area contributed by atoms with Crippen LogP contribution in [0.4, 0.5) is 18.9 Å². The van der Waals surface area contributed by atoms with Crippen molar-refractivity contribution in [3.8, 4) is 0 Å². The SMILES string of the molecule is Cc1ccc(S(=O)(=O)N(CC(=O)N(Cc2cccc(Cl)c2)C(C)C(=O)NC2CCCC2)c2cccc(C(F)(F)F)c2)cc1. The Kier molecular flexibility index (Phi) is 10.1. The highest BCUT2D eigenvalue weighted by molar-refractivity contribution is 7.92. The smallest absolute Gasteiger partial charge is 0.352 e. The molecule has 3 aromatic carbocycles. The van der Waals surface area contributed by atoms with Crippen molar-refractivity contribution in [3.05, 3.63) is 94.5 Å². The zero-order valence-corrected chi connectivity index (χ0v) is 25.3. The normalized spacial score (nSPS) is 14.7. The highest BCUT2D eigenvalue weighted by Crippen LogP contribution is 2.33. The predicted octanol–water partition coefficient (Wildman–Crippen LogP) is 6.34. The average molecular weight is 636 g/mol. The van der Waals surface area contributed by atoms with Crippen molar-refractivity contribution in [1.82, 2.24) is 10.2 Å². The Bertz CT molecular complexity index is 1560. The quantitative estimate of drug-likeness (QED) is 0.282. The average Bonchev–Trinajstić information content (AvgIpc) is 3.47. The number of nitrogens with one attached hydrogen (secondary N) is 1. The maximum Gasteiger partial charge on any atom is 0.416 e. The van der Waals surface area contributed by atoms with Crippen LogP contribution >= 0.6 is 11.6 Å². The van der Waals surface area contributed by atoms with Crippen LogP contribution in [-0.4, -0.2) is 43.8 Å². The zero-order valence-electron chi connectivity index (χ0n) is 23.8. The lowest BCUT2D eigenvalue weighted by molar-refractivity contribution is -0.139. The van der Waals surface area contributed by atoms with Crippen molar-refractivity contribution in [1.29, 1.82) is 0 Å². The first-order valence-corrected chi connectivity index (χ1v) is 15.7. The molecule has 0 spiro atoms. The van der Waals surface area contributed by atoms with Crippen LogP contribution in [0, 0.1) is 6.92 Å². The molecular weight excluding hydrogens is 603 g/mol. The van der Waals surface area contributed by atoms with Crippen LogP contribution in [0.3, 0.4) is 0 Å². The lowest BCUT2D eigenvalue weighted by Gasteiger charge is -2.32. The van der Waals surface area contributed by atoms with Crippen molar-refractivity contribution in [2.45, 2.75) is 69.2 Å². The summed E-state index contributed by atoms with van der Waals surface area (Å²) >= 11 is 6.16. The molecule has 0 saturated heterocycles. The molecule has 1 N–H and O–H groups in total. The molecule has 4 rings (SSSR count). The number of amides is 2. The molecule has 1 saturated carbocycles. The van der Waals surface area contributed by atoms with Gasteiger partial charge in [-0.1, -0.05) is 60.3 Å². The molecule has 43 heavy (non-hydrogen) atoms. The first-order chi connectivity index (χ1) is 20.3. The van der Waals surface area contributed by atoms with Gasteiger partial charge in [0.2, 0.25) is 11.8 Å². The number of sulfonamides is 1. The maximum absolute atomic E-state index is 14.0. The highest BCUT2D eigenvalue weighted by Gasteiger charge is 2.35. The summed E-state index contributed by atoms with van der Waals surface area (Å²) < 4.78 is 69.3. The molecule has 0 aromatic heterocycles. The zero-order chi connectivity index (χ0) is 31.4. The molecule has 1 unspecified atom stereocenters. The Balaban J connectivity index is 1.73. The summed E-state index contributed by atoms with van der Waals surface area (Å²) in [7, 11) is -4.51. The number of anilines is 1. The van der Waals surface area contributed by atoms with Crippen molar-refractivity contribution in [2.75, 3.05) is 10.8 Å². The fourth-order valence-corrected chi connectivity index (χ4v) is 6.63. The summed E-state index contributed by atoms with van der Waals surface area (Å²) in [5.74, 6) is -1.18. The van der Waals surface area contributed by atoms with Gasteiger partial charge in [-0.25, -0.2) is 8.42 Å². The molecular formula is C31H33ClF3N3O4S. The number of benzene rings is 3.